The Kier molecular flexibility index (Phi) is 7.20. The van der Waals surface area contributed by atoms with Crippen molar-refractivity contribution in [1.29, 1.82) is 0 Å². The van der Waals surface area contributed by atoms with Crippen LogP contribution in [-0.2, 0) is 11.8 Å². The standard InChI is InChI=1S/C25H26N6O4S/c1-5-14(2)26-22(34)17-9-10-19-20(12-17)31-24(30(4)23(19)35)28-29-25(31)36-13-21(33)27-18-8-6-7-16(11-18)15(3)32/h6-12,14H,5,13H2,1-4H3,(H,26,34)(H,27,33)/t14-/m1/s1. The Morgan fingerprint density at radius 2 is 1.86 bits per heavy atom. The minimum absolute atomic E-state index is 0.00698. The van der Waals surface area contributed by atoms with Crippen molar-refractivity contribution in [3.8, 4) is 0 Å². The smallest absolute Gasteiger partial charge is 0.262 e. The highest BCUT2D eigenvalue weighted by Gasteiger charge is 2.18. The van der Waals surface area contributed by atoms with Gasteiger partial charge in [-0.1, -0.05) is 30.8 Å². The lowest BCUT2D eigenvalue weighted by atomic mass is 10.1. The summed E-state index contributed by atoms with van der Waals surface area (Å²) < 4.78 is 3.05. The third kappa shape index (κ3) is 5.01. The van der Waals surface area contributed by atoms with Gasteiger partial charge in [0.15, 0.2) is 10.9 Å². The fourth-order valence-electron chi connectivity index (χ4n) is 3.65. The molecule has 0 radical (unpaired) electrons. The van der Waals surface area contributed by atoms with Crippen LogP contribution >= 0.6 is 11.8 Å². The molecule has 0 unspecified atom stereocenters. The molecule has 2 aromatic heterocycles. The lowest BCUT2D eigenvalue weighted by molar-refractivity contribution is -0.113. The van der Waals surface area contributed by atoms with Crippen LogP contribution in [-0.4, -0.2) is 48.6 Å². The molecule has 186 valence electrons. The average Bonchev–Trinajstić information content (AvgIpc) is 3.30. The van der Waals surface area contributed by atoms with Crippen LogP contribution in [0.2, 0.25) is 0 Å². The summed E-state index contributed by atoms with van der Waals surface area (Å²) in [5.74, 6) is -0.312. The summed E-state index contributed by atoms with van der Waals surface area (Å²) in [5.41, 5.74) is 1.64. The number of carbonyl (C=O) groups is 3. The van der Waals surface area contributed by atoms with Crippen LogP contribution in [0.5, 0.6) is 0 Å². The number of fused-ring (bicyclic) bond motifs is 3. The Morgan fingerprint density at radius 1 is 1.08 bits per heavy atom. The lowest BCUT2D eigenvalue weighted by Gasteiger charge is -2.13. The number of amides is 2. The maximum Gasteiger partial charge on any atom is 0.262 e. The van der Waals surface area contributed by atoms with E-state index in [0.717, 1.165) is 18.2 Å². The Hall–Kier alpha value is -3.99. The molecule has 0 fully saturated rings. The molecule has 2 heterocycles. The fourth-order valence-corrected chi connectivity index (χ4v) is 4.39. The van der Waals surface area contributed by atoms with Crippen LogP contribution in [0.1, 0.15) is 47.9 Å². The summed E-state index contributed by atoms with van der Waals surface area (Å²) in [5, 5.41) is 14.8. The van der Waals surface area contributed by atoms with Gasteiger partial charge in [-0.15, -0.1) is 10.2 Å². The van der Waals surface area contributed by atoms with Crippen molar-refractivity contribution >= 4 is 51.7 Å². The molecule has 0 spiro atoms. The number of hydrogen-bond acceptors (Lipinski definition) is 7. The van der Waals surface area contributed by atoms with Crippen molar-refractivity contribution < 1.29 is 14.4 Å². The molecule has 0 bridgehead atoms. The number of nitrogens with zero attached hydrogens (tertiary/aromatic N) is 4. The van der Waals surface area contributed by atoms with Gasteiger partial charge in [-0.05, 0) is 50.6 Å². The van der Waals surface area contributed by atoms with Crippen molar-refractivity contribution in [2.75, 3.05) is 11.1 Å². The number of rotatable bonds is 8. The topological polar surface area (TPSA) is 127 Å². The molecule has 0 saturated heterocycles. The highest BCUT2D eigenvalue weighted by molar-refractivity contribution is 7.99. The minimum atomic E-state index is -0.291. The molecule has 4 aromatic rings. The maximum absolute atomic E-state index is 12.9. The first kappa shape index (κ1) is 25.1. The van der Waals surface area contributed by atoms with Crippen LogP contribution in [0.3, 0.4) is 0 Å². The second kappa shape index (κ2) is 10.3. The SMILES string of the molecule is CC[C@@H](C)NC(=O)c1ccc2c(=O)n(C)c3nnc(SCC(=O)Nc4cccc(C(C)=O)c4)n3c2c1. The van der Waals surface area contributed by atoms with E-state index in [9.17, 15) is 19.2 Å². The molecule has 0 aliphatic carbocycles. The summed E-state index contributed by atoms with van der Waals surface area (Å²) in [6.45, 7) is 5.36. The number of hydrogen-bond donors (Lipinski definition) is 2. The van der Waals surface area contributed by atoms with E-state index in [0.29, 0.717) is 38.7 Å². The molecule has 2 N–H and O–H groups in total. The van der Waals surface area contributed by atoms with E-state index in [4.69, 9.17) is 0 Å². The molecular formula is C25H26N6O4S. The van der Waals surface area contributed by atoms with E-state index in [1.807, 2.05) is 13.8 Å². The Morgan fingerprint density at radius 3 is 2.58 bits per heavy atom. The Bertz CT molecular complexity index is 1560. The molecule has 4 rings (SSSR count). The largest absolute Gasteiger partial charge is 0.350 e. The lowest BCUT2D eigenvalue weighted by Crippen LogP contribution is -2.32. The number of carbonyl (C=O) groups excluding carboxylic acids is 3. The zero-order valence-corrected chi connectivity index (χ0v) is 21.2. The number of thioether (sulfide) groups is 1. The Balaban J connectivity index is 1.65. The van der Waals surface area contributed by atoms with Gasteiger partial charge in [0.2, 0.25) is 11.7 Å². The zero-order valence-electron chi connectivity index (χ0n) is 20.4. The van der Waals surface area contributed by atoms with E-state index in [1.165, 1.54) is 11.5 Å². The van der Waals surface area contributed by atoms with Gasteiger partial charge in [0, 0.05) is 29.9 Å². The van der Waals surface area contributed by atoms with Gasteiger partial charge in [-0.2, -0.15) is 0 Å². The number of ketones is 1. The number of benzene rings is 2. The van der Waals surface area contributed by atoms with Crippen LogP contribution < -0.4 is 16.2 Å². The molecule has 2 amide bonds. The van der Waals surface area contributed by atoms with E-state index < -0.39 is 0 Å². The maximum atomic E-state index is 12.9. The third-order valence-corrected chi connectivity index (χ3v) is 6.76. The van der Waals surface area contributed by atoms with E-state index in [1.54, 1.807) is 53.9 Å². The first-order chi connectivity index (χ1) is 17.2. The predicted molar refractivity (Wildman–Crippen MR) is 139 cm³/mol. The predicted octanol–water partition coefficient (Wildman–Crippen LogP) is 3.04. The molecule has 0 aliphatic rings. The molecule has 36 heavy (non-hydrogen) atoms. The van der Waals surface area contributed by atoms with Crippen LogP contribution in [0.25, 0.3) is 16.7 Å². The van der Waals surface area contributed by atoms with E-state index >= 15 is 0 Å². The fraction of sp³-hybridized carbons (Fsp3) is 0.280. The molecule has 11 heteroatoms. The van der Waals surface area contributed by atoms with Crippen molar-refractivity contribution in [3.63, 3.8) is 0 Å². The number of anilines is 1. The van der Waals surface area contributed by atoms with Crippen molar-refractivity contribution in [2.24, 2.45) is 7.05 Å². The van der Waals surface area contributed by atoms with E-state index in [2.05, 4.69) is 20.8 Å². The third-order valence-electron chi connectivity index (χ3n) is 5.83. The minimum Gasteiger partial charge on any atom is -0.350 e. The summed E-state index contributed by atoms with van der Waals surface area (Å²) in [6.07, 6.45) is 0.789. The number of Topliss-reactive ketones (excluding diaryl/α,β-unsaturated/α-hetero) is 1. The van der Waals surface area contributed by atoms with Crippen molar-refractivity contribution in [2.45, 2.75) is 38.4 Å². The first-order valence-electron chi connectivity index (χ1n) is 11.4. The average molecular weight is 507 g/mol. The van der Waals surface area contributed by atoms with Gasteiger partial charge in [0.05, 0.1) is 16.7 Å². The number of aryl methyl sites for hydroxylation is 1. The highest BCUT2D eigenvalue weighted by atomic mass is 32.2. The normalized spacial score (nSPS) is 12.0. The summed E-state index contributed by atoms with van der Waals surface area (Å²) in [4.78, 5) is 49.8. The monoisotopic (exact) mass is 506 g/mol. The van der Waals surface area contributed by atoms with Gasteiger partial charge >= 0.3 is 0 Å². The second-order valence-electron chi connectivity index (χ2n) is 8.47. The quantitative estimate of drug-likeness (QED) is 0.278. The van der Waals surface area contributed by atoms with Gasteiger partial charge in [-0.3, -0.25) is 28.1 Å². The molecule has 0 saturated carbocycles. The summed E-state index contributed by atoms with van der Waals surface area (Å²) >= 11 is 1.15. The Labute approximate surface area is 211 Å². The second-order valence-corrected chi connectivity index (χ2v) is 9.41. The van der Waals surface area contributed by atoms with Crippen molar-refractivity contribution in [3.05, 3.63) is 63.9 Å². The van der Waals surface area contributed by atoms with Gasteiger partial charge < -0.3 is 10.6 Å². The summed E-state index contributed by atoms with van der Waals surface area (Å²) in [6, 6.07) is 11.6. The van der Waals surface area contributed by atoms with Crippen molar-refractivity contribution in [1.82, 2.24) is 24.5 Å². The summed E-state index contributed by atoms with van der Waals surface area (Å²) in [7, 11) is 1.60. The van der Waals surface area contributed by atoms with Gasteiger partial charge in [0.1, 0.15) is 0 Å². The van der Waals surface area contributed by atoms with E-state index in [-0.39, 0.29) is 35.0 Å². The van der Waals surface area contributed by atoms with Crippen LogP contribution in [0, 0.1) is 0 Å². The van der Waals surface area contributed by atoms with Crippen LogP contribution in [0.4, 0.5) is 5.69 Å². The molecule has 2 aromatic carbocycles. The van der Waals surface area contributed by atoms with Gasteiger partial charge in [-0.25, -0.2) is 0 Å². The first-order valence-corrected chi connectivity index (χ1v) is 12.4. The molecule has 0 aliphatic heterocycles. The molecule has 10 nitrogen and oxygen atoms in total. The van der Waals surface area contributed by atoms with Gasteiger partial charge in [0.25, 0.3) is 11.5 Å². The molecular weight excluding hydrogens is 480 g/mol. The zero-order chi connectivity index (χ0) is 26.0. The number of nitrogens with one attached hydrogen (secondary N) is 2. The van der Waals surface area contributed by atoms with Crippen LogP contribution in [0.15, 0.2) is 52.4 Å². The molecule has 1 atom stereocenters. The number of aromatic nitrogens is 4. The highest BCUT2D eigenvalue weighted by Crippen LogP contribution is 2.23.